The summed E-state index contributed by atoms with van der Waals surface area (Å²) in [6, 6.07) is 1.93. The number of halogens is 1. The second kappa shape index (κ2) is 6.37. The van der Waals surface area contributed by atoms with Crippen LogP contribution in [0.1, 0.15) is 31.0 Å². The number of amides is 2. The molecule has 5 rings (SSSR count). The molecule has 27 heavy (non-hydrogen) atoms. The van der Waals surface area contributed by atoms with Gasteiger partial charge in [0.25, 0.3) is 0 Å². The molecule has 0 bridgehead atoms. The molecule has 1 N–H and O–H groups in total. The Hall–Kier alpha value is -2.35. The first-order valence-electron chi connectivity index (χ1n) is 9.27. The highest BCUT2D eigenvalue weighted by molar-refractivity contribution is 6.30. The van der Waals surface area contributed by atoms with E-state index in [1.54, 1.807) is 18.5 Å². The van der Waals surface area contributed by atoms with E-state index >= 15 is 0 Å². The van der Waals surface area contributed by atoms with Crippen molar-refractivity contribution in [3.63, 3.8) is 0 Å². The van der Waals surface area contributed by atoms with E-state index in [4.69, 9.17) is 16.3 Å². The van der Waals surface area contributed by atoms with Crippen molar-refractivity contribution in [1.29, 1.82) is 0 Å². The lowest BCUT2D eigenvalue weighted by atomic mass is 9.62. The molecule has 1 spiro atoms. The largest absolute Gasteiger partial charge is 0.489 e. The summed E-state index contributed by atoms with van der Waals surface area (Å²) >= 11 is 5.94. The molecule has 1 unspecified atom stereocenters. The fourth-order valence-electron chi connectivity index (χ4n) is 4.56. The van der Waals surface area contributed by atoms with Gasteiger partial charge in [0.05, 0.1) is 11.2 Å². The van der Waals surface area contributed by atoms with E-state index < -0.39 is 0 Å². The lowest BCUT2D eigenvalue weighted by Crippen LogP contribution is -2.67. The van der Waals surface area contributed by atoms with Crippen molar-refractivity contribution in [3.8, 4) is 5.75 Å². The van der Waals surface area contributed by atoms with E-state index in [1.807, 2.05) is 9.80 Å². The van der Waals surface area contributed by atoms with Crippen LogP contribution in [0.2, 0.25) is 5.02 Å². The fourth-order valence-corrected chi connectivity index (χ4v) is 4.73. The number of rotatable bonds is 3. The van der Waals surface area contributed by atoms with Crippen LogP contribution in [0.15, 0.2) is 24.8 Å². The molecule has 0 radical (unpaired) electrons. The fraction of sp³-hybridized carbons (Fsp3) is 0.556. The van der Waals surface area contributed by atoms with Crippen LogP contribution in [0.5, 0.6) is 5.75 Å². The Morgan fingerprint density at radius 1 is 1.30 bits per heavy atom. The maximum absolute atomic E-state index is 12.7. The standard InChI is InChI=1S/C18H21ClN6O2/c19-13-3-14(7-20-6-13)27-15-4-18(5-15)9-25(10-18)17(26)24-2-1-12(8-24)16-21-11-22-23-16/h3,6-7,11-12,15H,1-2,4-5,8-10H2,(H,21,22,23). The van der Waals surface area contributed by atoms with Crippen molar-refractivity contribution < 1.29 is 9.53 Å². The second-order valence-corrected chi connectivity index (χ2v) is 8.36. The van der Waals surface area contributed by atoms with Crippen molar-refractivity contribution in [2.24, 2.45) is 5.41 Å². The number of aromatic nitrogens is 4. The molecule has 2 aromatic heterocycles. The molecule has 2 amide bonds. The molecule has 142 valence electrons. The molecular weight excluding hydrogens is 368 g/mol. The molecule has 1 atom stereocenters. The maximum atomic E-state index is 12.7. The minimum absolute atomic E-state index is 0.144. The number of carbonyl (C=O) groups excluding carboxylic acids is 1. The van der Waals surface area contributed by atoms with E-state index in [2.05, 4.69) is 20.2 Å². The Morgan fingerprint density at radius 2 is 2.15 bits per heavy atom. The van der Waals surface area contributed by atoms with Gasteiger partial charge in [-0.05, 0) is 19.3 Å². The minimum atomic E-state index is 0.144. The van der Waals surface area contributed by atoms with Gasteiger partial charge < -0.3 is 14.5 Å². The van der Waals surface area contributed by atoms with E-state index in [0.29, 0.717) is 17.3 Å². The number of H-pyrrole nitrogens is 1. The summed E-state index contributed by atoms with van der Waals surface area (Å²) in [6.07, 6.45) is 7.87. The first kappa shape index (κ1) is 16.8. The molecule has 3 fully saturated rings. The molecule has 2 saturated heterocycles. The van der Waals surface area contributed by atoms with Crippen molar-refractivity contribution >= 4 is 17.6 Å². The number of nitrogens with one attached hydrogen (secondary N) is 1. The Labute approximate surface area is 161 Å². The molecule has 4 heterocycles. The Morgan fingerprint density at radius 3 is 2.89 bits per heavy atom. The molecule has 1 saturated carbocycles. The molecule has 2 aliphatic heterocycles. The average molecular weight is 389 g/mol. The van der Waals surface area contributed by atoms with Crippen LogP contribution in [0.25, 0.3) is 0 Å². The van der Waals surface area contributed by atoms with Crippen LogP contribution in [-0.4, -0.2) is 68.3 Å². The third-order valence-electron chi connectivity index (χ3n) is 5.91. The lowest BCUT2D eigenvalue weighted by Gasteiger charge is -2.58. The van der Waals surface area contributed by atoms with E-state index in [1.165, 1.54) is 6.33 Å². The first-order valence-corrected chi connectivity index (χ1v) is 9.64. The molecule has 1 aliphatic carbocycles. The number of likely N-dealkylation sites (tertiary alicyclic amines) is 2. The van der Waals surface area contributed by atoms with Crippen LogP contribution < -0.4 is 4.74 Å². The summed E-state index contributed by atoms with van der Waals surface area (Å²) in [6.45, 7) is 3.14. The van der Waals surface area contributed by atoms with Crippen molar-refractivity contribution in [2.75, 3.05) is 26.2 Å². The summed E-state index contributed by atoms with van der Waals surface area (Å²) in [4.78, 5) is 24.9. The third-order valence-corrected chi connectivity index (χ3v) is 6.11. The summed E-state index contributed by atoms with van der Waals surface area (Å²) in [5, 5.41) is 7.40. The zero-order valence-corrected chi connectivity index (χ0v) is 15.6. The van der Waals surface area contributed by atoms with Gasteiger partial charge in [0.2, 0.25) is 0 Å². The number of aromatic amines is 1. The smallest absolute Gasteiger partial charge is 0.320 e. The van der Waals surface area contributed by atoms with Crippen molar-refractivity contribution in [2.45, 2.75) is 31.3 Å². The molecule has 3 aliphatic rings. The minimum Gasteiger partial charge on any atom is -0.489 e. The van der Waals surface area contributed by atoms with E-state index in [-0.39, 0.29) is 23.5 Å². The van der Waals surface area contributed by atoms with Crippen LogP contribution >= 0.6 is 11.6 Å². The maximum Gasteiger partial charge on any atom is 0.320 e. The second-order valence-electron chi connectivity index (χ2n) is 7.93. The number of hydrogen-bond donors (Lipinski definition) is 1. The first-order chi connectivity index (χ1) is 13.1. The predicted octanol–water partition coefficient (Wildman–Crippen LogP) is 2.31. The molecule has 2 aromatic rings. The Bertz CT molecular complexity index is 830. The van der Waals surface area contributed by atoms with Gasteiger partial charge in [-0.25, -0.2) is 9.78 Å². The quantitative estimate of drug-likeness (QED) is 0.871. The third kappa shape index (κ3) is 3.12. The topological polar surface area (TPSA) is 87.2 Å². The number of nitrogens with zero attached hydrogens (tertiary/aromatic N) is 5. The lowest BCUT2D eigenvalue weighted by molar-refractivity contribution is -0.103. The van der Waals surface area contributed by atoms with Crippen LogP contribution in [0.4, 0.5) is 4.79 Å². The van der Waals surface area contributed by atoms with E-state index in [0.717, 1.165) is 44.7 Å². The van der Waals surface area contributed by atoms with Gasteiger partial charge in [0.1, 0.15) is 24.0 Å². The van der Waals surface area contributed by atoms with Crippen LogP contribution in [0.3, 0.4) is 0 Å². The van der Waals surface area contributed by atoms with Crippen molar-refractivity contribution in [1.82, 2.24) is 30.0 Å². The average Bonchev–Trinajstić information content (AvgIpc) is 3.25. The number of carbonyl (C=O) groups is 1. The van der Waals surface area contributed by atoms with Gasteiger partial charge in [-0.1, -0.05) is 11.6 Å². The highest BCUT2D eigenvalue weighted by Crippen LogP contribution is 2.50. The predicted molar refractivity (Wildman–Crippen MR) is 97.6 cm³/mol. The number of pyridine rings is 1. The normalized spacial score (nSPS) is 24.0. The Kier molecular flexibility index (Phi) is 3.96. The SMILES string of the molecule is O=C(N1CCC(c2ncn[nH]2)C1)N1CC2(CC(Oc3cncc(Cl)c3)C2)C1. The van der Waals surface area contributed by atoms with Crippen LogP contribution in [-0.2, 0) is 0 Å². The molecule has 9 heteroatoms. The molecular formula is C18H21ClN6O2. The summed E-state index contributed by atoms with van der Waals surface area (Å²) in [5.74, 6) is 1.85. The monoisotopic (exact) mass is 388 g/mol. The van der Waals surface area contributed by atoms with Crippen LogP contribution in [0, 0.1) is 5.41 Å². The summed E-state index contributed by atoms with van der Waals surface area (Å²) < 4.78 is 5.94. The summed E-state index contributed by atoms with van der Waals surface area (Å²) in [7, 11) is 0. The number of ether oxygens (including phenoxy) is 1. The number of urea groups is 1. The van der Waals surface area contributed by atoms with Gasteiger partial charge in [0, 0.05) is 49.8 Å². The highest BCUT2D eigenvalue weighted by Gasteiger charge is 2.55. The highest BCUT2D eigenvalue weighted by atomic mass is 35.5. The number of hydrogen-bond acceptors (Lipinski definition) is 5. The zero-order valence-electron chi connectivity index (χ0n) is 14.8. The van der Waals surface area contributed by atoms with Gasteiger partial charge in [-0.3, -0.25) is 10.1 Å². The Balaban J connectivity index is 1.09. The van der Waals surface area contributed by atoms with Gasteiger partial charge in [-0.15, -0.1) is 0 Å². The summed E-state index contributed by atoms with van der Waals surface area (Å²) in [5.41, 5.74) is 0.233. The molecule has 0 aromatic carbocycles. The zero-order chi connectivity index (χ0) is 18.4. The van der Waals surface area contributed by atoms with Gasteiger partial charge in [0.15, 0.2) is 0 Å². The molecule has 8 nitrogen and oxygen atoms in total. The van der Waals surface area contributed by atoms with E-state index in [9.17, 15) is 4.79 Å². The van der Waals surface area contributed by atoms with Gasteiger partial charge in [-0.2, -0.15) is 5.10 Å². The van der Waals surface area contributed by atoms with Crippen molar-refractivity contribution in [3.05, 3.63) is 35.6 Å². The van der Waals surface area contributed by atoms with Gasteiger partial charge >= 0.3 is 6.03 Å².